The average molecular weight is 301 g/mol. The van der Waals surface area contributed by atoms with Crippen LogP contribution >= 0.6 is 0 Å². The van der Waals surface area contributed by atoms with Gasteiger partial charge < -0.3 is 5.32 Å². The lowest BCUT2D eigenvalue weighted by Gasteiger charge is -2.14. The van der Waals surface area contributed by atoms with Crippen LogP contribution in [0.15, 0.2) is 12.5 Å². The number of nitrogens with zero attached hydrogens (tertiary/aromatic N) is 6. The minimum Gasteiger partial charge on any atom is -0.345 e. The lowest BCUT2D eigenvalue weighted by molar-refractivity contribution is 0.0939. The van der Waals surface area contributed by atoms with Crippen LogP contribution in [0.4, 0.5) is 0 Å². The van der Waals surface area contributed by atoms with Crippen LogP contribution in [0.25, 0.3) is 5.82 Å². The summed E-state index contributed by atoms with van der Waals surface area (Å²) in [7, 11) is 0. The van der Waals surface area contributed by atoms with E-state index in [-0.39, 0.29) is 11.9 Å². The van der Waals surface area contributed by atoms with E-state index in [9.17, 15) is 4.79 Å². The van der Waals surface area contributed by atoms with E-state index in [1.807, 2.05) is 20.8 Å². The number of aromatic amines is 2. The molecule has 0 aliphatic carbocycles. The molecular formula is C12H15N9O. The molecule has 3 heterocycles. The van der Waals surface area contributed by atoms with E-state index in [0.29, 0.717) is 11.4 Å². The normalized spacial score (nSPS) is 12.3. The number of amides is 1. The minimum absolute atomic E-state index is 0.192. The molecular weight excluding hydrogens is 286 g/mol. The van der Waals surface area contributed by atoms with E-state index < -0.39 is 0 Å². The van der Waals surface area contributed by atoms with Crippen molar-refractivity contribution in [2.24, 2.45) is 0 Å². The standard InChI is InChI=1S/C12H15N9O/c1-6(10-7(2)16-17-8(10)3)15-12(22)9-4-13-18-11(9)21-5-14-19-20-21/h4-6H,1-3H3,(H,13,18)(H,15,22)(H,16,17). The van der Waals surface area contributed by atoms with E-state index in [0.717, 1.165) is 17.0 Å². The highest BCUT2D eigenvalue weighted by Crippen LogP contribution is 2.20. The fraction of sp³-hybridized carbons (Fsp3) is 0.333. The minimum atomic E-state index is -0.272. The number of H-pyrrole nitrogens is 2. The van der Waals surface area contributed by atoms with Gasteiger partial charge in [-0.15, -0.1) is 5.10 Å². The first kappa shape index (κ1) is 13.9. The van der Waals surface area contributed by atoms with Crippen LogP contribution in [0.5, 0.6) is 0 Å². The Kier molecular flexibility index (Phi) is 3.41. The molecule has 10 nitrogen and oxygen atoms in total. The Bertz CT molecular complexity index is 766. The molecule has 3 rings (SSSR count). The van der Waals surface area contributed by atoms with Crippen LogP contribution in [0.3, 0.4) is 0 Å². The fourth-order valence-corrected chi connectivity index (χ4v) is 2.43. The second kappa shape index (κ2) is 5.39. The van der Waals surface area contributed by atoms with Crippen molar-refractivity contribution in [2.75, 3.05) is 0 Å². The highest BCUT2D eigenvalue weighted by molar-refractivity contribution is 5.97. The number of aryl methyl sites for hydroxylation is 2. The number of hydrogen-bond donors (Lipinski definition) is 3. The molecule has 10 heteroatoms. The molecule has 0 radical (unpaired) electrons. The molecule has 1 amide bonds. The van der Waals surface area contributed by atoms with Gasteiger partial charge in [0.1, 0.15) is 11.9 Å². The zero-order chi connectivity index (χ0) is 15.7. The Morgan fingerprint density at radius 2 is 2.18 bits per heavy atom. The zero-order valence-electron chi connectivity index (χ0n) is 12.3. The molecule has 3 aromatic heterocycles. The van der Waals surface area contributed by atoms with Crippen LogP contribution in [-0.2, 0) is 0 Å². The maximum Gasteiger partial charge on any atom is 0.257 e. The molecule has 0 aliphatic heterocycles. The van der Waals surface area contributed by atoms with Gasteiger partial charge in [0.05, 0.1) is 17.9 Å². The summed E-state index contributed by atoms with van der Waals surface area (Å²) in [5.74, 6) is 0.141. The van der Waals surface area contributed by atoms with Crippen molar-refractivity contribution < 1.29 is 4.79 Å². The molecule has 0 fully saturated rings. The maximum atomic E-state index is 12.5. The van der Waals surface area contributed by atoms with Gasteiger partial charge in [-0.05, 0) is 31.2 Å². The van der Waals surface area contributed by atoms with Gasteiger partial charge in [-0.1, -0.05) is 0 Å². The molecule has 1 unspecified atom stereocenters. The van der Waals surface area contributed by atoms with E-state index in [2.05, 4.69) is 41.2 Å². The monoisotopic (exact) mass is 301 g/mol. The van der Waals surface area contributed by atoms with Gasteiger partial charge in [0.2, 0.25) is 0 Å². The average Bonchev–Trinajstić information content (AvgIpc) is 3.18. The van der Waals surface area contributed by atoms with E-state index in [1.165, 1.54) is 17.2 Å². The van der Waals surface area contributed by atoms with Crippen molar-refractivity contribution >= 4 is 5.91 Å². The quantitative estimate of drug-likeness (QED) is 0.631. The highest BCUT2D eigenvalue weighted by Gasteiger charge is 2.21. The van der Waals surface area contributed by atoms with Crippen LogP contribution < -0.4 is 5.32 Å². The summed E-state index contributed by atoms with van der Waals surface area (Å²) in [6.07, 6.45) is 2.83. The number of rotatable bonds is 4. The van der Waals surface area contributed by atoms with Crippen molar-refractivity contribution in [3.05, 3.63) is 35.0 Å². The highest BCUT2D eigenvalue weighted by atomic mass is 16.1. The predicted octanol–water partition coefficient (Wildman–Crippen LogP) is 0.216. The Hall–Kier alpha value is -3.04. The summed E-state index contributed by atoms with van der Waals surface area (Å²) < 4.78 is 1.35. The van der Waals surface area contributed by atoms with Crippen molar-refractivity contribution in [2.45, 2.75) is 26.8 Å². The maximum absolute atomic E-state index is 12.5. The Morgan fingerprint density at radius 3 is 2.82 bits per heavy atom. The second-order valence-electron chi connectivity index (χ2n) is 4.93. The van der Waals surface area contributed by atoms with Gasteiger partial charge in [-0.25, -0.2) is 0 Å². The third-order valence-corrected chi connectivity index (χ3v) is 3.41. The molecule has 1 atom stereocenters. The van der Waals surface area contributed by atoms with Crippen molar-refractivity contribution in [3.63, 3.8) is 0 Å². The summed E-state index contributed by atoms with van der Waals surface area (Å²) in [6, 6.07) is -0.192. The van der Waals surface area contributed by atoms with Crippen molar-refractivity contribution in [1.29, 1.82) is 0 Å². The Morgan fingerprint density at radius 1 is 1.36 bits per heavy atom. The predicted molar refractivity (Wildman–Crippen MR) is 75.2 cm³/mol. The van der Waals surface area contributed by atoms with Crippen LogP contribution in [0, 0.1) is 13.8 Å². The first-order valence-corrected chi connectivity index (χ1v) is 6.67. The fourth-order valence-electron chi connectivity index (χ4n) is 2.43. The number of aromatic nitrogens is 8. The van der Waals surface area contributed by atoms with E-state index in [1.54, 1.807) is 0 Å². The second-order valence-corrected chi connectivity index (χ2v) is 4.93. The molecule has 0 spiro atoms. The van der Waals surface area contributed by atoms with Gasteiger partial charge in [-0.2, -0.15) is 14.9 Å². The molecule has 22 heavy (non-hydrogen) atoms. The van der Waals surface area contributed by atoms with E-state index in [4.69, 9.17) is 0 Å². The molecule has 0 saturated heterocycles. The lowest BCUT2D eigenvalue weighted by Crippen LogP contribution is -2.28. The summed E-state index contributed by atoms with van der Waals surface area (Å²) in [5.41, 5.74) is 3.12. The van der Waals surface area contributed by atoms with Crippen LogP contribution in [0.2, 0.25) is 0 Å². The first-order valence-electron chi connectivity index (χ1n) is 6.67. The number of carbonyl (C=O) groups is 1. The lowest BCUT2D eigenvalue weighted by atomic mass is 10.1. The van der Waals surface area contributed by atoms with Crippen LogP contribution in [0.1, 0.15) is 40.3 Å². The number of hydrogen-bond acceptors (Lipinski definition) is 6. The van der Waals surface area contributed by atoms with Crippen molar-refractivity contribution in [1.82, 2.24) is 45.9 Å². The van der Waals surface area contributed by atoms with Gasteiger partial charge in [0.15, 0.2) is 5.82 Å². The van der Waals surface area contributed by atoms with Gasteiger partial charge >= 0.3 is 0 Å². The van der Waals surface area contributed by atoms with E-state index >= 15 is 0 Å². The van der Waals surface area contributed by atoms with Crippen molar-refractivity contribution in [3.8, 4) is 5.82 Å². The molecule has 0 saturated carbocycles. The smallest absolute Gasteiger partial charge is 0.257 e. The summed E-state index contributed by atoms with van der Waals surface area (Å²) in [4.78, 5) is 12.5. The third kappa shape index (κ3) is 2.34. The summed E-state index contributed by atoms with van der Waals surface area (Å²) >= 11 is 0. The van der Waals surface area contributed by atoms with Crippen LogP contribution in [-0.4, -0.2) is 46.5 Å². The topological polar surface area (TPSA) is 130 Å². The SMILES string of the molecule is Cc1n[nH]c(C)c1C(C)NC(=O)c1cn[nH]c1-n1cnnn1. The summed E-state index contributed by atoms with van der Waals surface area (Å²) in [6.45, 7) is 5.72. The summed E-state index contributed by atoms with van der Waals surface area (Å²) in [5, 5.41) is 27.4. The number of nitrogens with one attached hydrogen (secondary N) is 3. The number of carbonyl (C=O) groups excluding carboxylic acids is 1. The molecule has 3 N–H and O–H groups in total. The Balaban J connectivity index is 1.83. The van der Waals surface area contributed by atoms with Gasteiger partial charge in [0, 0.05) is 11.3 Å². The molecule has 0 bridgehead atoms. The Labute approximate surface area is 125 Å². The molecule has 0 aromatic carbocycles. The zero-order valence-corrected chi connectivity index (χ0v) is 12.3. The van der Waals surface area contributed by atoms with Gasteiger partial charge in [-0.3, -0.25) is 15.0 Å². The first-order chi connectivity index (χ1) is 10.6. The third-order valence-electron chi connectivity index (χ3n) is 3.41. The van der Waals surface area contributed by atoms with Gasteiger partial charge in [0.25, 0.3) is 5.91 Å². The molecule has 3 aromatic rings. The molecule has 0 aliphatic rings. The number of tetrazole rings is 1. The molecule has 114 valence electrons. The largest absolute Gasteiger partial charge is 0.345 e.